The summed E-state index contributed by atoms with van der Waals surface area (Å²) in [6, 6.07) is 14.7. The van der Waals surface area contributed by atoms with Crippen molar-refractivity contribution in [2.45, 2.75) is 37.1 Å². The first-order valence-corrected chi connectivity index (χ1v) is 15.7. The molecule has 9 heteroatoms. The molecule has 222 valence electrons. The third-order valence-corrected chi connectivity index (χ3v) is 9.08. The first-order valence-electron chi connectivity index (χ1n) is 14.9. The lowest BCUT2D eigenvalue weighted by atomic mass is 9.89. The fourth-order valence-corrected chi connectivity index (χ4v) is 6.50. The zero-order valence-electron chi connectivity index (χ0n) is 24.0. The van der Waals surface area contributed by atoms with Crippen LogP contribution in [-0.4, -0.2) is 84.1 Å². The summed E-state index contributed by atoms with van der Waals surface area (Å²) in [5.41, 5.74) is 5.59. The van der Waals surface area contributed by atoms with Crippen molar-refractivity contribution in [2.75, 3.05) is 52.9 Å². The Bertz CT molecular complexity index is 1400. The van der Waals surface area contributed by atoms with Gasteiger partial charge in [-0.1, -0.05) is 29.8 Å². The Hall–Kier alpha value is -2.97. The minimum atomic E-state index is -0.396. The van der Waals surface area contributed by atoms with Crippen LogP contribution in [0.1, 0.15) is 47.0 Å². The maximum absolute atomic E-state index is 13.5. The number of alkyl halides is 1. The highest BCUT2D eigenvalue weighted by Crippen LogP contribution is 2.40. The van der Waals surface area contributed by atoms with E-state index in [9.17, 15) is 4.79 Å². The Morgan fingerprint density at radius 1 is 0.952 bits per heavy atom. The number of fused-ring (bicyclic) bond motifs is 3. The summed E-state index contributed by atoms with van der Waals surface area (Å²) in [6.45, 7) is 6.96. The first kappa shape index (κ1) is 29.1. The van der Waals surface area contributed by atoms with Crippen molar-refractivity contribution in [1.29, 1.82) is 0 Å². The minimum Gasteiger partial charge on any atom is -0.494 e. The summed E-state index contributed by atoms with van der Waals surface area (Å²) >= 11 is 12.5. The number of hydrogen-bond donors (Lipinski definition) is 1. The van der Waals surface area contributed by atoms with Gasteiger partial charge < -0.3 is 24.3 Å². The Balaban J connectivity index is 1.15. The number of aromatic nitrogens is 1. The summed E-state index contributed by atoms with van der Waals surface area (Å²) in [7, 11) is 2.19. The molecule has 1 amide bonds. The molecule has 42 heavy (non-hydrogen) atoms. The van der Waals surface area contributed by atoms with Crippen molar-refractivity contribution in [1.82, 2.24) is 19.7 Å². The molecule has 1 N–H and O–H groups in total. The zero-order chi connectivity index (χ0) is 29.1. The number of allylic oxidation sites excluding steroid dienone is 1. The number of nitrogens with one attached hydrogen (secondary N) is 1. The second kappa shape index (κ2) is 13.1. The fourth-order valence-electron chi connectivity index (χ4n) is 6.15. The molecule has 0 spiro atoms. The number of benzene rings is 2. The average molecular weight is 610 g/mol. The van der Waals surface area contributed by atoms with E-state index in [2.05, 4.69) is 40.0 Å². The maximum atomic E-state index is 13.5. The molecule has 0 saturated carbocycles. The highest BCUT2D eigenvalue weighted by molar-refractivity contribution is 6.30. The molecule has 1 aromatic heterocycles. The lowest BCUT2D eigenvalue weighted by Gasteiger charge is -2.35. The Morgan fingerprint density at radius 3 is 2.45 bits per heavy atom. The van der Waals surface area contributed by atoms with Gasteiger partial charge in [-0.15, -0.1) is 11.6 Å². The number of unbranched alkanes of at least 4 members (excludes halogenated alkanes) is 1. The van der Waals surface area contributed by atoms with Crippen molar-refractivity contribution >= 4 is 35.4 Å². The molecule has 1 aliphatic carbocycles. The number of likely N-dealkylation sites (N-methyl/N-ethyl adjacent to an activating group) is 1. The normalized spacial score (nSPS) is 20.7. The van der Waals surface area contributed by atoms with E-state index < -0.39 is 6.09 Å². The van der Waals surface area contributed by atoms with Gasteiger partial charge in [-0.05, 0) is 98.4 Å². The van der Waals surface area contributed by atoms with Crippen LogP contribution in [0.15, 0.2) is 54.6 Å². The van der Waals surface area contributed by atoms with Crippen molar-refractivity contribution < 1.29 is 14.3 Å². The molecule has 3 heterocycles. The van der Waals surface area contributed by atoms with Crippen molar-refractivity contribution in [3.05, 3.63) is 87.7 Å². The number of H-pyrrole nitrogens is 1. The van der Waals surface area contributed by atoms with E-state index in [1.165, 1.54) is 11.1 Å². The van der Waals surface area contributed by atoms with Crippen LogP contribution in [-0.2, 0) is 12.8 Å². The number of amides is 1. The Labute approximate surface area is 258 Å². The molecule has 2 atom stereocenters. The van der Waals surface area contributed by atoms with E-state index >= 15 is 0 Å². The van der Waals surface area contributed by atoms with Gasteiger partial charge in [0.05, 0.1) is 12.0 Å². The SMILES string of the molecule is CN1CCN(CCCCOc2ccc(C3c4[nH]c5c(c4CCN3C(=O)Oc3ccc(Cl)cc3)CC(Cl)C=C5)cc2)CC1. The van der Waals surface area contributed by atoms with Gasteiger partial charge >= 0.3 is 6.09 Å². The topological polar surface area (TPSA) is 61.0 Å². The molecule has 3 aromatic rings. The van der Waals surface area contributed by atoms with Crippen LogP contribution < -0.4 is 9.47 Å². The molecule has 3 aliphatic rings. The van der Waals surface area contributed by atoms with Gasteiger partial charge in [-0.25, -0.2) is 4.79 Å². The third-order valence-electron chi connectivity index (χ3n) is 8.52. The molecule has 7 nitrogen and oxygen atoms in total. The van der Waals surface area contributed by atoms with Crippen LogP contribution in [0.5, 0.6) is 11.5 Å². The minimum absolute atomic E-state index is 0.0262. The summed E-state index contributed by atoms with van der Waals surface area (Å²) < 4.78 is 11.9. The highest BCUT2D eigenvalue weighted by Gasteiger charge is 2.37. The van der Waals surface area contributed by atoms with Crippen LogP contribution in [0.2, 0.25) is 5.02 Å². The molecule has 1 fully saturated rings. The number of hydrogen-bond acceptors (Lipinski definition) is 5. The molecule has 6 rings (SSSR count). The van der Waals surface area contributed by atoms with E-state index in [1.807, 2.05) is 18.2 Å². The molecular weight excluding hydrogens is 571 g/mol. The molecule has 2 aliphatic heterocycles. The van der Waals surface area contributed by atoms with Crippen LogP contribution in [0.25, 0.3) is 6.08 Å². The van der Waals surface area contributed by atoms with E-state index in [0.29, 0.717) is 23.9 Å². The molecular formula is C33H38Cl2N4O3. The van der Waals surface area contributed by atoms with E-state index in [4.69, 9.17) is 32.7 Å². The predicted molar refractivity (Wildman–Crippen MR) is 168 cm³/mol. The largest absolute Gasteiger partial charge is 0.494 e. The van der Waals surface area contributed by atoms with Crippen molar-refractivity contribution in [3.8, 4) is 11.5 Å². The number of rotatable bonds is 8. The molecule has 1 saturated heterocycles. The van der Waals surface area contributed by atoms with Gasteiger partial charge in [0.15, 0.2) is 0 Å². The lowest BCUT2D eigenvalue weighted by molar-refractivity contribution is 0.135. The summed E-state index contributed by atoms with van der Waals surface area (Å²) in [5.74, 6) is 1.30. The quantitative estimate of drug-likeness (QED) is 0.237. The van der Waals surface area contributed by atoms with Gasteiger partial charge in [-0.3, -0.25) is 4.90 Å². The van der Waals surface area contributed by atoms with Gasteiger partial charge in [0, 0.05) is 49.1 Å². The smallest absolute Gasteiger partial charge is 0.416 e. The molecule has 0 bridgehead atoms. The van der Waals surface area contributed by atoms with Crippen molar-refractivity contribution in [2.24, 2.45) is 0 Å². The van der Waals surface area contributed by atoms with Crippen LogP contribution >= 0.6 is 23.2 Å². The summed E-state index contributed by atoms with van der Waals surface area (Å²) in [5, 5.41) is 0.567. The number of ether oxygens (including phenoxy) is 2. The zero-order valence-corrected chi connectivity index (χ0v) is 25.5. The number of carbonyl (C=O) groups is 1. The first-order chi connectivity index (χ1) is 20.4. The van der Waals surface area contributed by atoms with Gasteiger partial charge in [-0.2, -0.15) is 0 Å². The standard InChI is InChI=1S/C33H38Cl2N4O3/c1-37-17-19-38(20-18-37)15-2-3-21-41-26-9-4-23(5-10-26)32-31-28(29-22-25(35)8-13-30(29)36-31)14-16-39(32)33(40)42-27-11-6-24(34)7-12-27/h4-13,25,32,36H,2-3,14-22H2,1H3. The number of nitrogens with zero attached hydrogens (tertiary/aromatic N) is 3. The van der Waals surface area contributed by atoms with Gasteiger partial charge in [0.25, 0.3) is 0 Å². The van der Waals surface area contributed by atoms with Crippen LogP contribution in [0, 0.1) is 0 Å². The van der Waals surface area contributed by atoms with Crippen LogP contribution in [0.4, 0.5) is 4.79 Å². The second-order valence-electron chi connectivity index (χ2n) is 11.4. The number of halogens is 2. The Kier molecular flexibility index (Phi) is 9.10. The monoisotopic (exact) mass is 608 g/mol. The number of carbonyl (C=O) groups excluding carboxylic acids is 1. The van der Waals surface area contributed by atoms with Crippen molar-refractivity contribution in [3.63, 3.8) is 0 Å². The third kappa shape index (κ3) is 6.65. The second-order valence-corrected chi connectivity index (χ2v) is 12.4. The fraction of sp³-hybridized carbons (Fsp3) is 0.424. The van der Waals surface area contributed by atoms with E-state index in [-0.39, 0.29) is 11.4 Å². The molecule has 2 unspecified atom stereocenters. The lowest BCUT2D eigenvalue weighted by Crippen LogP contribution is -2.44. The average Bonchev–Trinajstić information content (AvgIpc) is 3.37. The van der Waals surface area contributed by atoms with Gasteiger partial charge in [0.2, 0.25) is 0 Å². The van der Waals surface area contributed by atoms with E-state index in [1.54, 1.807) is 29.2 Å². The van der Waals surface area contributed by atoms with Gasteiger partial charge in [0.1, 0.15) is 17.5 Å². The van der Waals surface area contributed by atoms with E-state index in [0.717, 1.165) is 81.1 Å². The number of piperazine rings is 1. The Morgan fingerprint density at radius 2 is 1.69 bits per heavy atom. The summed E-state index contributed by atoms with van der Waals surface area (Å²) in [6.07, 6.45) is 7.35. The van der Waals surface area contributed by atoms with Crippen LogP contribution in [0.3, 0.4) is 0 Å². The number of aromatic amines is 1. The molecule has 2 aromatic carbocycles. The summed E-state index contributed by atoms with van der Waals surface area (Å²) in [4.78, 5) is 23.9. The predicted octanol–water partition coefficient (Wildman–Crippen LogP) is 6.40. The molecule has 0 radical (unpaired) electrons. The maximum Gasteiger partial charge on any atom is 0.416 e. The highest BCUT2D eigenvalue weighted by atomic mass is 35.5.